The van der Waals surface area contributed by atoms with Gasteiger partial charge in [0.25, 0.3) is 0 Å². The number of carbonyl (C=O) groups excluding carboxylic acids is 1. The van der Waals surface area contributed by atoms with Gasteiger partial charge in [0.15, 0.2) is 0 Å². The summed E-state index contributed by atoms with van der Waals surface area (Å²) in [5.74, 6) is -0.205. The highest BCUT2D eigenvalue weighted by Gasteiger charge is 2.64. The summed E-state index contributed by atoms with van der Waals surface area (Å²) < 4.78 is 10.5. The van der Waals surface area contributed by atoms with Crippen LogP contribution in [0.5, 0.6) is 11.5 Å². The molecule has 2 fully saturated rings. The number of rotatable bonds is 5. The molecule has 0 bridgehead atoms. The van der Waals surface area contributed by atoms with Crippen LogP contribution in [0, 0.1) is 11.3 Å². The van der Waals surface area contributed by atoms with Crippen LogP contribution in [-0.2, 0) is 16.1 Å². The summed E-state index contributed by atoms with van der Waals surface area (Å²) in [7, 11) is 3.14. The molecular weight excluding hydrogens is 286 g/mol. The molecule has 118 valence electrons. The zero-order chi connectivity index (χ0) is 15.9. The summed E-state index contributed by atoms with van der Waals surface area (Å²) in [6.45, 7) is 0.626. The van der Waals surface area contributed by atoms with Gasteiger partial charge in [-0.2, -0.15) is 0 Å². The van der Waals surface area contributed by atoms with Crippen molar-refractivity contribution in [1.29, 1.82) is 0 Å². The second kappa shape index (κ2) is 5.19. The largest absolute Gasteiger partial charge is 0.497 e. The lowest BCUT2D eigenvalue weighted by molar-refractivity contribution is -0.144. The van der Waals surface area contributed by atoms with Gasteiger partial charge in [0.05, 0.1) is 25.6 Å². The van der Waals surface area contributed by atoms with E-state index in [-0.39, 0.29) is 12.5 Å². The Labute approximate surface area is 128 Å². The molecule has 2 aliphatic rings. The van der Waals surface area contributed by atoms with Gasteiger partial charge >= 0.3 is 5.97 Å². The molecule has 0 aromatic heterocycles. The van der Waals surface area contributed by atoms with E-state index in [1.54, 1.807) is 31.3 Å². The van der Waals surface area contributed by atoms with Gasteiger partial charge in [-0.1, -0.05) is 0 Å². The van der Waals surface area contributed by atoms with Crippen LogP contribution in [0.1, 0.15) is 18.4 Å². The molecule has 6 nitrogen and oxygen atoms in total. The van der Waals surface area contributed by atoms with Gasteiger partial charge in [0, 0.05) is 24.7 Å². The van der Waals surface area contributed by atoms with Crippen molar-refractivity contribution in [3.63, 3.8) is 0 Å². The number of benzene rings is 1. The Hall–Kier alpha value is -2.24. The van der Waals surface area contributed by atoms with Crippen LogP contribution in [0.15, 0.2) is 18.2 Å². The molecule has 1 saturated carbocycles. The van der Waals surface area contributed by atoms with Crippen molar-refractivity contribution in [2.24, 2.45) is 11.3 Å². The molecule has 1 aliphatic heterocycles. The number of hydrogen-bond acceptors (Lipinski definition) is 4. The third-order valence-electron chi connectivity index (χ3n) is 4.73. The van der Waals surface area contributed by atoms with Crippen LogP contribution in [0.3, 0.4) is 0 Å². The number of nitrogens with zero attached hydrogens (tertiary/aromatic N) is 1. The molecule has 1 heterocycles. The highest BCUT2D eigenvalue weighted by Crippen LogP contribution is 2.57. The molecule has 1 atom stereocenters. The number of likely N-dealkylation sites (tertiary alicyclic amines) is 1. The van der Waals surface area contributed by atoms with Crippen LogP contribution in [-0.4, -0.2) is 42.6 Å². The van der Waals surface area contributed by atoms with Crippen LogP contribution in [0.25, 0.3) is 0 Å². The van der Waals surface area contributed by atoms with E-state index in [0.29, 0.717) is 30.9 Å². The summed E-state index contributed by atoms with van der Waals surface area (Å²) in [5, 5.41) is 9.34. The van der Waals surface area contributed by atoms with Crippen molar-refractivity contribution in [1.82, 2.24) is 4.90 Å². The zero-order valence-corrected chi connectivity index (χ0v) is 12.7. The van der Waals surface area contributed by atoms with E-state index in [4.69, 9.17) is 9.47 Å². The normalized spacial score (nSPS) is 22.0. The number of hydrogen-bond donors (Lipinski definition) is 1. The van der Waals surface area contributed by atoms with Crippen molar-refractivity contribution in [2.45, 2.75) is 19.4 Å². The molecule has 1 aromatic carbocycles. The second-order valence-corrected chi connectivity index (χ2v) is 5.91. The Morgan fingerprint density at radius 3 is 2.59 bits per heavy atom. The SMILES string of the molecule is COc1ccc(CN2CC(C(=O)O)C3(CC3)C2=O)c(OC)c1. The fourth-order valence-corrected chi connectivity index (χ4v) is 3.28. The van der Waals surface area contributed by atoms with Crippen molar-refractivity contribution >= 4 is 11.9 Å². The molecule has 1 aliphatic carbocycles. The van der Waals surface area contributed by atoms with Gasteiger partial charge < -0.3 is 19.5 Å². The third kappa shape index (κ3) is 2.19. The lowest BCUT2D eigenvalue weighted by atomic mass is 9.93. The maximum Gasteiger partial charge on any atom is 0.309 e. The Kier molecular flexibility index (Phi) is 3.47. The number of aliphatic carboxylic acids is 1. The molecule has 3 rings (SSSR count). The minimum Gasteiger partial charge on any atom is -0.497 e. The molecule has 1 N–H and O–H groups in total. The standard InChI is InChI=1S/C16H19NO5/c1-21-11-4-3-10(13(7-11)22-2)8-17-9-12(14(18)19)16(5-6-16)15(17)20/h3-4,7,12H,5-6,8-9H2,1-2H3,(H,18,19). The minimum absolute atomic E-state index is 0.0437. The van der Waals surface area contributed by atoms with Crippen LogP contribution in [0.2, 0.25) is 0 Å². The Morgan fingerprint density at radius 2 is 2.09 bits per heavy atom. The van der Waals surface area contributed by atoms with E-state index >= 15 is 0 Å². The first-order valence-corrected chi connectivity index (χ1v) is 7.25. The number of ether oxygens (including phenoxy) is 2. The Bertz CT molecular complexity index is 623. The van der Waals surface area contributed by atoms with Gasteiger partial charge in [-0.05, 0) is 25.0 Å². The highest BCUT2D eigenvalue weighted by molar-refractivity contribution is 5.94. The quantitative estimate of drug-likeness (QED) is 0.892. The number of carboxylic acid groups (broad SMARTS) is 1. The van der Waals surface area contributed by atoms with Crippen molar-refractivity contribution in [3.05, 3.63) is 23.8 Å². The highest BCUT2D eigenvalue weighted by atomic mass is 16.5. The first-order valence-electron chi connectivity index (χ1n) is 7.25. The molecular formula is C16H19NO5. The van der Waals surface area contributed by atoms with Gasteiger partial charge in [-0.15, -0.1) is 0 Å². The fourth-order valence-electron chi connectivity index (χ4n) is 3.28. The maximum absolute atomic E-state index is 12.5. The number of methoxy groups -OCH3 is 2. The number of amides is 1. The number of carboxylic acids is 1. The molecule has 1 amide bonds. The van der Waals surface area contributed by atoms with Gasteiger partial charge in [-0.3, -0.25) is 9.59 Å². The van der Waals surface area contributed by atoms with Crippen LogP contribution < -0.4 is 9.47 Å². The average Bonchev–Trinajstić information content (AvgIpc) is 3.26. The molecule has 6 heteroatoms. The fraction of sp³-hybridized carbons (Fsp3) is 0.500. The van der Waals surface area contributed by atoms with Crippen LogP contribution in [0.4, 0.5) is 0 Å². The maximum atomic E-state index is 12.5. The minimum atomic E-state index is -0.880. The molecule has 1 unspecified atom stereocenters. The van der Waals surface area contributed by atoms with Gasteiger partial charge in [0.1, 0.15) is 11.5 Å². The first-order chi connectivity index (χ1) is 10.5. The predicted molar refractivity (Wildman–Crippen MR) is 77.8 cm³/mol. The smallest absolute Gasteiger partial charge is 0.309 e. The molecule has 1 saturated heterocycles. The zero-order valence-electron chi connectivity index (χ0n) is 12.7. The van der Waals surface area contributed by atoms with Crippen molar-refractivity contribution in [2.75, 3.05) is 20.8 Å². The monoisotopic (exact) mass is 305 g/mol. The van der Waals surface area contributed by atoms with Crippen LogP contribution >= 0.6 is 0 Å². The lowest BCUT2D eigenvalue weighted by Crippen LogP contribution is -2.27. The van der Waals surface area contributed by atoms with E-state index in [0.717, 1.165) is 5.56 Å². The van der Waals surface area contributed by atoms with E-state index in [1.807, 2.05) is 6.07 Å². The van der Waals surface area contributed by atoms with Gasteiger partial charge in [0.2, 0.25) is 5.91 Å². The summed E-state index contributed by atoms with van der Waals surface area (Å²) >= 11 is 0. The predicted octanol–water partition coefficient (Wildman–Crippen LogP) is 1.53. The van der Waals surface area contributed by atoms with E-state index in [2.05, 4.69) is 0 Å². The Balaban J connectivity index is 1.82. The molecule has 22 heavy (non-hydrogen) atoms. The topological polar surface area (TPSA) is 76.1 Å². The van der Waals surface area contributed by atoms with E-state index in [1.165, 1.54) is 0 Å². The summed E-state index contributed by atoms with van der Waals surface area (Å²) in [6, 6.07) is 5.41. The first kappa shape index (κ1) is 14.7. The lowest BCUT2D eigenvalue weighted by Gasteiger charge is -2.18. The average molecular weight is 305 g/mol. The molecule has 1 spiro atoms. The van der Waals surface area contributed by atoms with Gasteiger partial charge in [-0.25, -0.2) is 0 Å². The Morgan fingerprint density at radius 1 is 1.36 bits per heavy atom. The third-order valence-corrected chi connectivity index (χ3v) is 4.73. The van der Waals surface area contributed by atoms with E-state index in [9.17, 15) is 14.7 Å². The number of carbonyl (C=O) groups is 2. The summed E-state index contributed by atoms with van der Waals surface area (Å²) in [6.07, 6.45) is 1.36. The summed E-state index contributed by atoms with van der Waals surface area (Å²) in [4.78, 5) is 25.6. The van der Waals surface area contributed by atoms with Crippen molar-refractivity contribution < 1.29 is 24.2 Å². The van der Waals surface area contributed by atoms with E-state index < -0.39 is 17.3 Å². The molecule has 0 radical (unpaired) electrons. The molecule has 1 aromatic rings. The summed E-state index contributed by atoms with van der Waals surface area (Å²) in [5.41, 5.74) is 0.199. The second-order valence-electron chi connectivity index (χ2n) is 5.91. The van der Waals surface area contributed by atoms with Crippen molar-refractivity contribution in [3.8, 4) is 11.5 Å².